The van der Waals surface area contributed by atoms with Gasteiger partial charge in [-0.25, -0.2) is 0 Å². The molecule has 0 aliphatic rings. The quantitative estimate of drug-likeness (QED) is 0.294. The molecule has 0 bridgehead atoms. The fourth-order valence-corrected chi connectivity index (χ4v) is 4.23. The maximum Gasteiger partial charge on any atom is 0.573 e. The molecule has 6 nitrogen and oxygen atoms in total. The molecule has 1 N–H and O–H groups in total. The molecule has 0 fully saturated rings. The lowest BCUT2D eigenvalue weighted by Crippen LogP contribution is -2.27. The number of carbonyl (C=O) groups is 1. The Balaban J connectivity index is 1.84. The lowest BCUT2D eigenvalue weighted by Gasteiger charge is -2.23. The van der Waals surface area contributed by atoms with Crippen LogP contribution in [0.3, 0.4) is 0 Å². The van der Waals surface area contributed by atoms with Gasteiger partial charge in [-0.2, -0.15) is 5.10 Å². The van der Waals surface area contributed by atoms with Crippen molar-refractivity contribution in [3.05, 3.63) is 65.9 Å². The van der Waals surface area contributed by atoms with Gasteiger partial charge in [0.25, 0.3) is 5.91 Å². The number of anilines is 1. The maximum absolute atomic E-state index is 12.6. The summed E-state index contributed by atoms with van der Waals surface area (Å²) in [5.41, 5.74) is 3.88. The molecule has 37 heavy (non-hydrogen) atoms. The van der Waals surface area contributed by atoms with Crippen LogP contribution in [-0.4, -0.2) is 40.5 Å². The van der Waals surface area contributed by atoms with Crippen molar-refractivity contribution in [2.24, 2.45) is 5.92 Å². The van der Waals surface area contributed by atoms with Crippen molar-refractivity contribution in [2.45, 2.75) is 59.5 Å². The molecule has 0 aliphatic heterocycles. The second-order valence-electron chi connectivity index (χ2n) is 9.47. The Bertz CT molecular complexity index is 1160. The second-order valence-corrected chi connectivity index (χ2v) is 9.47. The van der Waals surface area contributed by atoms with Gasteiger partial charge in [-0.15, -0.1) is 13.2 Å². The fraction of sp³-hybridized carbons (Fsp3) is 0.429. The minimum atomic E-state index is -4.73. The van der Waals surface area contributed by atoms with Gasteiger partial charge in [-0.3, -0.25) is 9.48 Å². The summed E-state index contributed by atoms with van der Waals surface area (Å²) >= 11 is 0. The van der Waals surface area contributed by atoms with Crippen LogP contribution in [0.15, 0.2) is 54.6 Å². The smallest absolute Gasteiger partial charge is 0.406 e. The molecular weight excluding hydrogens is 481 g/mol. The van der Waals surface area contributed by atoms with Crippen LogP contribution in [0.4, 0.5) is 18.9 Å². The van der Waals surface area contributed by atoms with E-state index in [4.69, 9.17) is 5.10 Å². The molecule has 0 spiro atoms. The zero-order valence-corrected chi connectivity index (χ0v) is 22.0. The number of halogens is 3. The largest absolute Gasteiger partial charge is 0.573 e. The van der Waals surface area contributed by atoms with Crippen molar-refractivity contribution < 1.29 is 22.7 Å². The van der Waals surface area contributed by atoms with Gasteiger partial charge in [0, 0.05) is 37.0 Å². The van der Waals surface area contributed by atoms with Crippen molar-refractivity contribution >= 4 is 11.6 Å². The van der Waals surface area contributed by atoms with Gasteiger partial charge < -0.3 is 15.0 Å². The maximum atomic E-state index is 12.6. The van der Waals surface area contributed by atoms with Gasteiger partial charge in [0.2, 0.25) is 0 Å². The molecule has 1 unspecified atom stereocenters. The molecule has 0 aliphatic carbocycles. The number of aromatic nitrogens is 2. The summed E-state index contributed by atoms with van der Waals surface area (Å²) < 4.78 is 43.4. The van der Waals surface area contributed by atoms with E-state index in [9.17, 15) is 18.0 Å². The van der Waals surface area contributed by atoms with E-state index >= 15 is 0 Å². The van der Waals surface area contributed by atoms with Crippen molar-refractivity contribution in [2.75, 3.05) is 18.9 Å². The van der Waals surface area contributed by atoms with Crippen LogP contribution in [0.5, 0.6) is 5.75 Å². The Labute approximate surface area is 216 Å². The van der Waals surface area contributed by atoms with Crippen LogP contribution in [0, 0.1) is 5.92 Å². The Morgan fingerprint density at radius 3 is 2.27 bits per heavy atom. The number of carbonyl (C=O) groups excluding carboxylic acids is 1. The van der Waals surface area contributed by atoms with E-state index in [1.807, 2.05) is 48.9 Å². The highest BCUT2D eigenvalue weighted by Crippen LogP contribution is 2.31. The monoisotopic (exact) mass is 516 g/mol. The summed E-state index contributed by atoms with van der Waals surface area (Å²) in [5.74, 6) is 0.115. The van der Waals surface area contributed by atoms with Crippen LogP contribution in [-0.2, 0) is 6.54 Å². The Kier molecular flexibility index (Phi) is 9.23. The molecule has 3 rings (SSSR count). The molecule has 1 amide bonds. The summed E-state index contributed by atoms with van der Waals surface area (Å²) in [4.78, 5) is 14.3. The van der Waals surface area contributed by atoms with E-state index in [0.29, 0.717) is 35.8 Å². The van der Waals surface area contributed by atoms with Crippen LogP contribution in [0.25, 0.3) is 11.3 Å². The van der Waals surface area contributed by atoms with E-state index < -0.39 is 6.36 Å². The molecule has 1 atom stereocenters. The molecule has 1 heterocycles. The highest BCUT2D eigenvalue weighted by atomic mass is 19.4. The van der Waals surface area contributed by atoms with Gasteiger partial charge in [0.15, 0.2) is 0 Å². The zero-order chi connectivity index (χ0) is 27.2. The van der Waals surface area contributed by atoms with E-state index in [1.54, 1.807) is 24.1 Å². The number of rotatable bonds is 11. The molecule has 2 aromatic carbocycles. The predicted octanol–water partition coefficient (Wildman–Crippen LogP) is 7.15. The number of ether oxygens (including phenoxy) is 1. The molecular formula is C28H35F3N4O2. The molecule has 200 valence electrons. The highest BCUT2D eigenvalue weighted by Gasteiger charge is 2.31. The van der Waals surface area contributed by atoms with Crippen molar-refractivity contribution in [1.82, 2.24) is 14.7 Å². The first-order valence-electron chi connectivity index (χ1n) is 12.6. The minimum absolute atomic E-state index is 0.00696. The average molecular weight is 517 g/mol. The molecule has 3 aromatic rings. The summed E-state index contributed by atoms with van der Waals surface area (Å²) in [6, 6.07) is 15.1. The van der Waals surface area contributed by atoms with E-state index in [1.165, 1.54) is 12.1 Å². The molecule has 0 saturated heterocycles. The summed E-state index contributed by atoms with van der Waals surface area (Å²) in [6.07, 6.45) is -2.99. The summed E-state index contributed by atoms with van der Waals surface area (Å²) in [5, 5.41) is 8.30. The van der Waals surface area contributed by atoms with Crippen LogP contribution >= 0.6 is 0 Å². The lowest BCUT2D eigenvalue weighted by atomic mass is 9.99. The van der Waals surface area contributed by atoms with E-state index in [-0.39, 0.29) is 17.7 Å². The number of nitrogens with zero attached hydrogens (tertiary/aromatic N) is 3. The third-order valence-corrected chi connectivity index (χ3v) is 5.94. The van der Waals surface area contributed by atoms with Crippen LogP contribution < -0.4 is 10.1 Å². The SMILES string of the molecule is CCCN(C)C(=O)c1ccc(NC(CC(C)C)c2cc(-c3ccc(OC(F)(F)F)cc3)nn2CC)cc1. The van der Waals surface area contributed by atoms with Crippen LogP contribution in [0.2, 0.25) is 0 Å². The minimum Gasteiger partial charge on any atom is -0.406 e. The van der Waals surface area contributed by atoms with Crippen molar-refractivity contribution in [3.8, 4) is 17.0 Å². The van der Waals surface area contributed by atoms with E-state index in [2.05, 4.69) is 23.9 Å². The van der Waals surface area contributed by atoms with Gasteiger partial charge in [-0.05, 0) is 80.3 Å². The number of alkyl halides is 3. The molecule has 0 radical (unpaired) electrons. The third-order valence-electron chi connectivity index (χ3n) is 5.94. The number of aryl methyl sites for hydroxylation is 1. The first-order chi connectivity index (χ1) is 17.5. The Hall–Kier alpha value is -3.49. The van der Waals surface area contributed by atoms with Crippen LogP contribution in [0.1, 0.15) is 62.6 Å². The Morgan fingerprint density at radius 2 is 1.73 bits per heavy atom. The first kappa shape index (κ1) is 28.1. The highest BCUT2D eigenvalue weighted by molar-refractivity contribution is 5.94. The van der Waals surface area contributed by atoms with Crippen molar-refractivity contribution in [1.29, 1.82) is 0 Å². The molecule has 1 aromatic heterocycles. The lowest BCUT2D eigenvalue weighted by molar-refractivity contribution is -0.274. The van der Waals surface area contributed by atoms with E-state index in [0.717, 1.165) is 24.2 Å². The summed E-state index contributed by atoms with van der Waals surface area (Å²) in [6.45, 7) is 9.67. The van der Waals surface area contributed by atoms with Gasteiger partial charge in [0.1, 0.15) is 5.75 Å². The fourth-order valence-electron chi connectivity index (χ4n) is 4.23. The number of hydrogen-bond acceptors (Lipinski definition) is 4. The summed E-state index contributed by atoms with van der Waals surface area (Å²) in [7, 11) is 1.80. The standard InChI is InChI=1S/C28H35F3N4O2/c1-6-16-34(5)27(36)21-8-12-22(13-9-21)32-25(17-19(3)4)26-18-24(33-35(26)7-2)20-10-14-23(15-11-20)37-28(29,30)31/h8-15,18-19,25,32H,6-7,16-17H2,1-5H3. The van der Waals surface area contributed by atoms with Crippen molar-refractivity contribution in [3.63, 3.8) is 0 Å². The Morgan fingerprint density at radius 1 is 1.08 bits per heavy atom. The number of amides is 1. The number of hydrogen-bond donors (Lipinski definition) is 1. The first-order valence-corrected chi connectivity index (χ1v) is 12.6. The normalized spacial score (nSPS) is 12.5. The number of benzene rings is 2. The van der Waals surface area contributed by atoms with Gasteiger partial charge in [0.05, 0.1) is 17.4 Å². The molecule has 0 saturated carbocycles. The topological polar surface area (TPSA) is 59.4 Å². The van der Waals surface area contributed by atoms with Gasteiger partial charge in [-0.1, -0.05) is 20.8 Å². The number of nitrogens with one attached hydrogen (secondary N) is 1. The molecule has 9 heteroatoms. The predicted molar refractivity (Wildman–Crippen MR) is 140 cm³/mol. The third kappa shape index (κ3) is 7.74. The second kappa shape index (κ2) is 12.2. The zero-order valence-electron chi connectivity index (χ0n) is 22.0. The van der Waals surface area contributed by atoms with Gasteiger partial charge >= 0.3 is 6.36 Å². The average Bonchev–Trinajstić information content (AvgIpc) is 3.27.